The molecule has 0 saturated carbocycles. The molecule has 1 aromatic heterocycles. The second-order valence-corrected chi connectivity index (χ2v) is 8.14. The van der Waals surface area contributed by atoms with Crippen molar-refractivity contribution in [3.8, 4) is 0 Å². The topological polar surface area (TPSA) is 238 Å². The van der Waals surface area contributed by atoms with Crippen LogP contribution in [-0.2, 0) is 13.8 Å². The minimum atomic E-state index is -4.75. The Morgan fingerprint density at radius 3 is 2.54 bits per heavy atom. The normalized spacial score (nSPS) is 30.5. The third-order valence-electron chi connectivity index (χ3n) is 4.19. The number of nitrogens with two attached hydrogens (primary N) is 1. The average molecular weight is 427 g/mol. The van der Waals surface area contributed by atoms with Crippen LogP contribution >= 0.6 is 7.60 Å². The number of nitrogens with one attached hydrogen (secondary N) is 1. The van der Waals surface area contributed by atoms with E-state index in [1.165, 1.54) is 0 Å². The van der Waals surface area contributed by atoms with Crippen LogP contribution in [0.25, 0.3) is 0 Å². The lowest BCUT2D eigenvalue weighted by molar-refractivity contribution is -0.0541. The van der Waals surface area contributed by atoms with Gasteiger partial charge in [0.05, 0.1) is 13.2 Å². The summed E-state index contributed by atoms with van der Waals surface area (Å²) >= 11 is 0. The van der Waals surface area contributed by atoms with Gasteiger partial charge in [-0.25, -0.2) is 4.79 Å². The first-order valence-electron chi connectivity index (χ1n) is 8.02. The minimum Gasteiger partial charge on any atom is -0.394 e. The van der Waals surface area contributed by atoms with Crippen LogP contribution in [0.4, 0.5) is 0 Å². The van der Waals surface area contributed by atoms with Gasteiger partial charge in [-0.2, -0.15) is 0 Å². The summed E-state index contributed by atoms with van der Waals surface area (Å²) in [4.78, 5) is 34.7. The zero-order valence-corrected chi connectivity index (χ0v) is 15.2. The smallest absolute Gasteiger partial charge is 0.347 e. The highest BCUT2D eigenvalue weighted by atomic mass is 31.2. The van der Waals surface area contributed by atoms with E-state index >= 15 is 0 Å². The molecule has 0 radical (unpaired) electrons. The van der Waals surface area contributed by atoms with Crippen LogP contribution in [0.15, 0.2) is 21.9 Å². The Morgan fingerprint density at radius 1 is 1.32 bits per heavy atom. The first kappa shape index (κ1) is 22.8. The number of rotatable bonds is 8. The second kappa shape index (κ2) is 8.92. The van der Waals surface area contributed by atoms with Crippen LogP contribution in [0.5, 0.6) is 0 Å². The van der Waals surface area contributed by atoms with Crippen molar-refractivity contribution in [3.05, 3.63) is 33.1 Å². The first-order valence-corrected chi connectivity index (χ1v) is 9.67. The summed E-state index contributed by atoms with van der Waals surface area (Å²) < 4.78 is 23.0. The van der Waals surface area contributed by atoms with E-state index in [-0.39, 0.29) is 0 Å². The lowest BCUT2D eigenvalue weighted by Gasteiger charge is -2.27. The van der Waals surface area contributed by atoms with Gasteiger partial charge in [-0.3, -0.25) is 18.9 Å². The van der Waals surface area contributed by atoms with E-state index in [4.69, 9.17) is 20.1 Å². The van der Waals surface area contributed by atoms with Crippen LogP contribution in [0.1, 0.15) is 6.23 Å². The second-order valence-electron chi connectivity index (χ2n) is 6.15. The van der Waals surface area contributed by atoms with Gasteiger partial charge in [0.2, 0.25) is 0 Å². The van der Waals surface area contributed by atoms with E-state index < -0.39 is 74.6 Å². The van der Waals surface area contributed by atoms with E-state index in [1.807, 2.05) is 4.98 Å². The summed E-state index contributed by atoms with van der Waals surface area (Å²) in [5.74, 6) is -1.98. The fraction of sp³-hybridized carbons (Fsp3) is 0.692. The van der Waals surface area contributed by atoms with Crippen molar-refractivity contribution in [2.45, 2.75) is 42.5 Å². The number of ether oxygens (including phenoxy) is 1. The van der Waals surface area contributed by atoms with Crippen molar-refractivity contribution in [3.63, 3.8) is 0 Å². The van der Waals surface area contributed by atoms with Gasteiger partial charge in [0.25, 0.3) is 5.56 Å². The van der Waals surface area contributed by atoms with Crippen molar-refractivity contribution < 1.29 is 44.3 Å². The van der Waals surface area contributed by atoms with Crippen LogP contribution in [0.2, 0.25) is 0 Å². The summed E-state index contributed by atoms with van der Waals surface area (Å²) in [6.07, 6.45) is -8.78. The summed E-state index contributed by atoms with van der Waals surface area (Å²) in [5.41, 5.74) is 3.78. The molecule has 14 nitrogen and oxygen atoms in total. The van der Waals surface area contributed by atoms with Crippen molar-refractivity contribution in [2.75, 3.05) is 13.2 Å². The van der Waals surface area contributed by atoms with Crippen molar-refractivity contribution in [2.24, 2.45) is 5.73 Å². The van der Waals surface area contributed by atoms with Gasteiger partial charge < -0.3 is 45.4 Å². The molecule has 2 heterocycles. The van der Waals surface area contributed by atoms with Gasteiger partial charge in [-0.15, -0.1) is 0 Å². The fourth-order valence-corrected chi connectivity index (χ4v) is 3.64. The molecule has 2 rings (SSSR count). The highest BCUT2D eigenvalue weighted by Gasteiger charge is 2.46. The van der Waals surface area contributed by atoms with Gasteiger partial charge in [-0.05, 0) is 0 Å². The van der Waals surface area contributed by atoms with Gasteiger partial charge in [0.1, 0.15) is 36.3 Å². The molecule has 160 valence electrons. The number of hydrogen-bond acceptors (Lipinski definition) is 11. The van der Waals surface area contributed by atoms with Gasteiger partial charge in [-0.1, -0.05) is 0 Å². The van der Waals surface area contributed by atoms with Gasteiger partial charge in [0, 0.05) is 12.3 Å². The number of aromatic amines is 1. The molecular weight excluding hydrogens is 405 g/mol. The molecule has 0 aromatic carbocycles. The molecule has 1 saturated heterocycles. The van der Waals surface area contributed by atoms with Gasteiger partial charge in [0.15, 0.2) is 6.23 Å². The number of aliphatic hydroxyl groups is 5. The highest BCUT2D eigenvalue weighted by Crippen LogP contribution is 2.47. The predicted octanol–water partition coefficient (Wildman–Crippen LogP) is -4.64. The molecule has 28 heavy (non-hydrogen) atoms. The quantitative estimate of drug-likeness (QED) is 0.183. The number of nitrogens with zero attached hydrogens (tertiary/aromatic N) is 1. The molecule has 1 aliphatic rings. The molecule has 0 spiro atoms. The predicted molar refractivity (Wildman–Crippen MR) is 90.1 cm³/mol. The van der Waals surface area contributed by atoms with Crippen LogP contribution < -0.4 is 17.0 Å². The Morgan fingerprint density at radius 2 is 1.96 bits per heavy atom. The molecule has 0 bridgehead atoms. The minimum absolute atomic E-state index is 0.687. The number of hydrogen-bond donors (Lipinski definition) is 8. The zero-order valence-electron chi connectivity index (χ0n) is 14.3. The maximum Gasteiger partial charge on any atom is 0.347 e. The molecule has 1 fully saturated rings. The Balaban J connectivity index is 2.07. The Kier molecular flexibility index (Phi) is 7.27. The van der Waals surface area contributed by atoms with E-state index in [1.54, 1.807) is 0 Å². The van der Waals surface area contributed by atoms with E-state index in [0.717, 1.165) is 16.8 Å². The van der Waals surface area contributed by atoms with E-state index in [2.05, 4.69) is 0 Å². The van der Waals surface area contributed by atoms with Crippen LogP contribution in [0, 0.1) is 0 Å². The van der Waals surface area contributed by atoms with E-state index in [0.29, 0.717) is 0 Å². The standard InChI is InChI=1S/C13H22N3O11P/c14-11(8(20)5(18)3-17)28(24,25)26-4-6-9(21)10(22)12(27-6)16-2-1-7(19)15-13(16)23/h1-2,5-6,8-12,17-18,20-22H,3-4,14H2,(H,24,25)(H,15,19,23)/t5-,6+,8+,9+,10+,11+,12+/m0/s1. The summed E-state index contributed by atoms with van der Waals surface area (Å²) in [6.45, 7) is -1.68. The highest BCUT2D eigenvalue weighted by molar-refractivity contribution is 7.53. The zero-order chi connectivity index (χ0) is 21.2. The van der Waals surface area contributed by atoms with E-state index in [9.17, 15) is 39.5 Å². The number of H-pyrrole nitrogens is 1. The van der Waals surface area contributed by atoms with Crippen LogP contribution in [0.3, 0.4) is 0 Å². The molecule has 9 N–H and O–H groups in total. The maximum absolute atomic E-state index is 12.1. The SMILES string of the molecule is N[C@@H]([C@H](O)[C@@H](O)CO)P(=O)(O)OC[C@H]1O[C@@H](n2ccc(=O)[nH]c2=O)[C@H](O)[C@@H]1O. The number of aromatic nitrogens is 2. The lowest BCUT2D eigenvalue weighted by Crippen LogP contribution is -2.45. The third kappa shape index (κ3) is 4.75. The van der Waals surface area contributed by atoms with Gasteiger partial charge >= 0.3 is 13.3 Å². The molecule has 0 amide bonds. The molecule has 0 aliphatic carbocycles. The van der Waals surface area contributed by atoms with Crippen molar-refractivity contribution in [1.82, 2.24) is 9.55 Å². The summed E-state index contributed by atoms with van der Waals surface area (Å²) in [5, 5.41) is 47.8. The average Bonchev–Trinajstić information content (AvgIpc) is 2.93. The largest absolute Gasteiger partial charge is 0.394 e. The summed E-state index contributed by atoms with van der Waals surface area (Å²) in [6, 6.07) is 0.989. The molecule has 1 unspecified atom stereocenters. The lowest BCUT2D eigenvalue weighted by atomic mass is 10.1. The third-order valence-corrected chi connectivity index (χ3v) is 5.77. The van der Waals surface area contributed by atoms with Crippen molar-refractivity contribution >= 4 is 7.60 Å². The monoisotopic (exact) mass is 427 g/mol. The molecule has 8 atom stereocenters. The number of aliphatic hydroxyl groups excluding tert-OH is 5. The first-order chi connectivity index (χ1) is 13.0. The molecular formula is C13H22N3O11P. The molecule has 15 heteroatoms. The summed E-state index contributed by atoms with van der Waals surface area (Å²) in [7, 11) is -4.75. The maximum atomic E-state index is 12.1. The Labute approximate surface area is 156 Å². The van der Waals surface area contributed by atoms with Crippen LogP contribution in [-0.4, -0.2) is 89.5 Å². The molecule has 1 aliphatic heterocycles. The van der Waals surface area contributed by atoms with Crippen molar-refractivity contribution in [1.29, 1.82) is 0 Å². The Bertz CT molecular complexity index is 828. The molecule has 1 aromatic rings. The fourth-order valence-electron chi connectivity index (χ4n) is 2.52. The Hall–Kier alpha value is -1.45.